The summed E-state index contributed by atoms with van der Waals surface area (Å²) in [6, 6.07) is 6.57. The van der Waals surface area contributed by atoms with Crippen molar-refractivity contribution in [3.8, 4) is 5.75 Å². The zero-order chi connectivity index (χ0) is 12.5. The first-order valence-corrected chi connectivity index (χ1v) is 5.52. The van der Waals surface area contributed by atoms with Gasteiger partial charge in [0.1, 0.15) is 11.2 Å². The van der Waals surface area contributed by atoms with Gasteiger partial charge in [-0.2, -0.15) is 0 Å². The predicted octanol–water partition coefficient (Wildman–Crippen LogP) is 2.13. The van der Waals surface area contributed by atoms with Crippen LogP contribution in [0.5, 0.6) is 5.75 Å². The summed E-state index contributed by atoms with van der Waals surface area (Å²) < 4.78 is 4.99. The van der Waals surface area contributed by atoms with E-state index >= 15 is 0 Å². The molecule has 0 radical (unpaired) electrons. The van der Waals surface area contributed by atoms with Crippen LogP contribution in [0, 0.1) is 5.41 Å². The smallest absolute Gasteiger partial charge is 0.317 e. The Labute approximate surface area is 99.2 Å². The van der Waals surface area contributed by atoms with Crippen molar-refractivity contribution in [1.82, 2.24) is 0 Å². The lowest BCUT2D eigenvalue weighted by Crippen LogP contribution is -2.45. The summed E-state index contributed by atoms with van der Waals surface area (Å²) in [5.41, 5.74) is -0.748. The molecule has 0 atom stereocenters. The Hall–Kier alpha value is -1.84. The van der Waals surface area contributed by atoms with E-state index in [4.69, 9.17) is 4.74 Å². The van der Waals surface area contributed by atoms with Crippen LogP contribution in [0.2, 0.25) is 0 Å². The molecule has 1 aromatic carbocycles. The summed E-state index contributed by atoms with van der Waals surface area (Å²) in [7, 11) is 1.54. The number of ketones is 1. The Morgan fingerprint density at radius 2 is 1.82 bits per heavy atom. The van der Waals surface area contributed by atoms with Gasteiger partial charge in [0.25, 0.3) is 0 Å². The van der Waals surface area contributed by atoms with Crippen LogP contribution in [-0.2, 0) is 4.79 Å². The molecule has 17 heavy (non-hydrogen) atoms. The SMILES string of the molecule is COc1ccc(C(=O)C2(C(=O)O)CCC2)cc1. The Balaban J connectivity index is 2.27. The van der Waals surface area contributed by atoms with E-state index in [9.17, 15) is 14.7 Å². The fraction of sp³-hybridized carbons (Fsp3) is 0.385. The second kappa shape index (κ2) is 4.20. The van der Waals surface area contributed by atoms with Crippen LogP contribution >= 0.6 is 0 Å². The number of benzene rings is 1. The highest BCUT2D eigenvalue weighted by atomic mass is 16.5. The predicted molar refractivity (Wildman–Crippen MR) is 61.2 cm³/mol. The summed E-state index contributed by atoms with van der Waals surface area (Å²) >= 11 is 0. The number of ether oxygens (including phenoxy) is 1. The molecule has 1 N–H and O–H groups in total. The molecule has 0 saturated heterocycles. The molecule has 4 nitrogen and oxygen atoms in total. The highest BCUT2D eigenvalue weighted by Gasteiger charge is 2.51. The average molecular weight is 234 g/mol. The number of hydrogen-bond donors (Lipinski definition) is 1. The minimum absolute atomic E-state index is 0.293. The first-order valence-electron chi connectivity index (χ1n) is 5.52. The molecule has 2 rings (SSSR count). The second-order valence-corrected chi connectivity index (χ2v) is 4.30. The normalized spacial score (nSPS) is 17.0. The molecular weight excluding hydrogens is 220 g/mol. The van der Waals surface area contributed by atoms with Crippen LogP contribution in [0.25, 0.3) is 0 Å². The van der Waals surface area contributed by atoms with Crippen molar-refractivity contribution in [3.63, 3.8) is 0 Å². The molecule has 0 heterocycles. The van der Waals surface area contributed by atoms with Crippen molar-refractivity contribution in [3.05, 3.63) is 29.8 Å². The largest absolute Gasteiger partial charge is 0.497 e. The molecule has 1 aromatic rings. The highest BCUT2D eigenvalue weighted by molar-refractivity contribution is 6.12. The van der Waals surface area contributed by atoms with E-state index in [2.05, 4.69) is 0 Å². The van der Waals surface area contributed by atoms with E-state index < -0.39 is 11.4 Å². The zero-order valence-electron chi connectivity index (χ0n) is 9.60. The number of carbonyl (C=O) groups excluding carboxylic acids is 1. The number of hydrogen-bond acceptors (Lipinski definition) is 3. The average Bonchev–Trinajstić information content (AvgIpc) is 2.27. The number of carboxylic acids is 1. The van der Waals surface area contributed by atoms with Gasteiger partial charge in [-0.3, -0.25) is 9.59 Å². The van der Waals surface area contributed by atoms with Gasteiger partial charge in [0, 0.05) is 5.56 Å². The van der Waals surface area contributed by atoms with Crippen molar-refractivity contribution in [2.45, 2.75) is 19.3 Å². The lowest BCUT2D eigenvalue weighted by molar-refractivity contribution is -0.150. The van der Waals surface area contributed by atoms with Crippen molar-refractivity contribution in [2.75, 3.05) is 7.11 Å². The molecule has 0 aromatic heterocycles. The van der Waals surface area contributed by atoms with Crippen molar-refractivity contribution < 1.29 is 19.4 Å². The molecule has 0 bridgehead atoms. The Morgan fingerprint density at radius 3 is 2.18 bits per heavy atom. The Morgan fingerprint density at radius 1 is 1.24 bits per heavy atom. The fourth-order valence-corrected chi connectivity index (χ4v) is 2.09. The van der Waals surface area contributed by atoms with Crippen LogP contribution in [0.3, 0.4) is 0 Å². The van der Waals surface area contributed by atoms with E-state index in [0.717, 1.165) is 6.42 Å². The maximum Gasteiger partial charge on any atom is 0.317 e. The van der Waals surface area contributed by atoms with E-state index in [-0.39, 0.29) is 5.78 Å². The molecule has 1 aliphatic carbocycles. The molecule has 1 saturated carbocycles. The number of rotatable bonds is 4. The molecule has 0 amide bonds. The number of aliphatic carboxylic acids is 1. The molecule has 1 aliphatic rings. The number of carbonyl (C=O) groups is 2. The van der Waals surface area contributed by atoms with Gasteiger partial charge in [-0.1, -0.05) is 6.42 Å². The topological polar surface area (TPSA) is 63.6 Å². The van der Waals surface area contributed by atoms with E-state index in [1.54, 1.807) is 31.4 Å². The molecule has 90 valence electrons. The van der Waals surface area contributed by atoms with Crippen LogP contribution in [0.4, 0.5) is 0 Å². The summed E-state index contributed by atoms with van der Waals surface area (Å²) in [6.45, 7) is 0. The molecule has 4 heteroatoms. The quantitative estimate of drug-likeness (QED) is 0.640. The first kappa shape index (κ1) is 11.6. The third-order valence-corrected chi connectivity index (χ3v) is 3.40. The zero-order valence-corrected chi connectivity index (χ0v) is 9.60. The maximum atomic E-state index is 12.2. The number of carboxylic acid groups (broad SMARTS) is 1. The lowest BCUT2D eigenvalue weighted by Gasteiger charge is -2.35. The highest BCUT2D eigenvalue weighted by Crippen LogP contribution is 2.43. The minimum atomic E-state index is -1.19. The van der Waals surface area contributed by atoms with Crippen LogP contribution in [0.15, 0.2) is 24.3 Å². The number of methoxy groups -OCH3 is 1. The van der Waals surface area contributed by atoms with Gasteiger partial charge in [0.05, 0.1) is 7.11 Å². The molecule has 0 aliphatic heterocycles. The molecule has 0 spiro atoms. The van der Waals surface area contributed by atoms with Crippen LogP contribution in [0.1, 0.15) is 29.6 Å². The van der Waals surface area contributed by atoms with Gasteiger partial charge in [-0.05, 0) is 37.1 Å². The van der Waals surface area contributed by atoms with Crippen LogP contribution < -0.4 is 4.74 Å². The molecule has 0 unspecified atom stereocenters. The van der Waals surface area contributed by atoms with Crippen molar-refractivity contribution >= 4 is 11.8 Å². The van der Waals surface area contributed by atoms with Crippen molar-refractivity contribution in [2.24, 2.45) is 5.41 Å². The lowest BCUT2D eigenvalue weighted by atomic mass is 9.64. The maximum absolute atomic E-state index is 12.2. The van der Waals surface area contributed by atoms with Crippen LogP contribution in [-0.4, -0.2) is 24.0 Å². The number of Topliss-reactive ketones (excluding diaryl/α,β-unsaturated/α-hetero) is 1. The van der Waals surface area contributed by atoms with E-state index in [1.807, 2.05) is 0 Å². The summed E-state index contributed by atoms with van der Waals surface area (Å²) in [4.78, 5) is 23.4. The third-order valence-electron chi connectivity index (χ3n) is 3.40. The van der Waals surface area contributed by atoms with Gasteiger partial charge in [0.2, 0.25) is 0 Å². The van der Waals surface area contributed by atoms with Gasteiger partial charge in [0.15, 0.2) is 5.78 Å². The first-order chi connectivity index (χ1) is 8.10. The Bertz CT molecular complexity index is 443. The summed E-state index contributed by atoms with van der Waals surface area (Å²) in [5.74, 6) is -0.650. The van der Waals surface area contributed by atoms with Gasteiger partial charge in [-0.15, -0.1) is 0 Å². The minimum Gasteiger partial charge on any atom is -0.497 e. The fourth-order valence-electron chi connectivity index (χ4n) is 2.09. The third kappa shape index (κ3) is 1.79. The molecule has 1 fully saturated rings. The monoisotopic (exact) mass is 234 g/mol. The summed E-state index contributed by atoms with van der Waals surface area (Å²) in [6.07, 6.45) is 1.68. The summed E-state index contributed by atoms with van der Waals surface area (Å²) in [5, 5.41) is 9.17. The molecular formula is C13H14O4. The Kier molecular flexibility index (Phi) is 2.88. The van der Waals surface area contributed by atoms with E-state index in [0.29, 0.717) is 24.2 Å². The van der Waals surface area contributed by atoms with Gasteiger partial charge >= 0.3 is 5.97 Å². The van der Waals surface area contributed by atoms with E-state index in [1.165, 1.54) is 0 Å². The standard InChI is InChI=1S/C13H14O4/c1-17-10-5-3-9(4-6-10)11(14)13(12(15)16)7-2-8-13/h3-6H,2,7-8H2,1H3,(H,15,16). The van der Waals surface area contributed by atoms with Gasteiger partial charge in [-0.25, -0.2) is 0 Å². The van der Waals surface area contributed by atoms with Crippen molar-refractivity contribution in [1.29, 1.82) is 0 Å². The second-order valence-electron chi connectivity index (χ2n) is 4.30. The van der Waals surface area contributed by atoms with Gasteiger partial charge < -0.3 is 9.84 Å².